The topological polar surface area (TPSA) is 113 Å². The van der Waals surface area contributed by atoms with E-state index in [1.165, 1.54) is 25.4 Å². The van der Waals surface area contributed by atoms with Crippen molar-refractivity contribution in [2.75, 3.05) is 5.32 Å². The quantitative estimate of drug-likeness (QED) is 0.582. The molecular weight excluding hydrogens is 429 g/mol. The third-order valence-electron chi connectivity index (χ3n) is 5.87. The average Bonchev–Trinajstić information content (AvgIpc) is 3.15. The van der Waals surface area contributed by atoms with E-state index in [9.17, 15) is 32.7 Å². The van der Waals surface area contributed by atoms with Gasteiger partial charge in [0, 0.05) is 31.5 Å². The smallest absolute Gasteiger partial charge is 0.374 e. The van der Waals surface area contributed by atoms with Crippen LogP contribution in [-0.4, -0.2) is 38.6 Å². The first-order chi connectivity index (χ1) is 14.9. The normalized spacial score (nSPS) is 21.1. The fourth-order valence-corrected chi connectivity index (χ4v) is 3.95. The minimum Gasteiger partial charge on any atom is -0.374 e. The number of piperidine rings is 1. The van der Waals surface area contributed by atoms with Crippen molar-refractivity contribution in [2.24, 2.45) is 7.05 Å². The van der Waals surface area contributed by atoms with E-state index >= 15 is 0 Å². The fraction of sp³-hybridized carbons (Fsp3) is 0.429. The van der Waals surface area contributed by atoms with Gasteiger partial charge in [-0.3, -0.25) is 19.7 Å². The molecule has 1 aromatic carbocycles. The van der Waals surface area contributed by atoms with Crippen molar-refractivity contribution >= 4 is 23.4 Å². The van der Waals surface area contributed by atoms with E-state index in [2.05, 4.69) is 15.6 Å². The number of aliphatic hydroxyl groups is 1. The van der Waals surface area contributed by atoms with Crippen LogP contribution in [-0.2, 0) is 32.4 Å². The molecule has 1 aromatic heterocycles. The zero-order chi connectivity index (χ0) is 23.7. The summed E-state index contributed by atoms with van der Waals surface area (Å²) in [7, 11) is 1.29. The highest BCUT2D eigenvalue weighted by Crippen LogP contribution is 2.41. The van der Waals surface area contributed by atoms with Gasteiger partial charge in [-0.2, -0.15) is 13.2 Å². The monoisotopic (exact) mass is 452 g/mol. The number of halogens is 3. The number of hydrogen-bond acceptors (Lipinski definition) is 5. The fourth-order valence-electron chi connectivity index (χ4n) is 3.95. The molecule has 172 valence electrons. The largest absolute Gasteiger partial charge is 0.425 e. The van der Waals surface area contributed by atoms with Gasteiger partial charge in [0.15, 0.2) is 5.82 Å². The third kappa shape index (κ3) is 4.12. The van der Waals surface area contributed by atoms with Gasteiger partial charge in [-0.25, -0.2) is 4.98 Å². The van der Waals surface area contributed by atoms with Crippen molar-refractivity contribution in [1.29, 1.82) is 0 Å². The molecule has 3 N–H and O–H groups in total. The Kier molecular flexibility index (Phi) is 6.14. The Labute approximate surface area is 181 Å². The maximum absolute atomic E-state index is 13.6. The molecule has 2 unspecified atom stereocenters. The molecule has 0 bridgehead atoms. The minimum atomic E-state index is -5.13. The van der Waals surface area contributed by atoms with Crippen LogP contribution in [0.4, 0.5) is 18.9 Å². The van der Waals surface area contributed by atoms with Gasteiger partial charge < -0.3 is 15.0 Å². The molecule has 0 spiro atoms. The van der Waals surface area contributed by atoms with E-state index in [4.69, 9.17) is 0 Å². The second kappa shape index (κ2) is 8.38. The van der Waals surface area contributed by atoms with Crippen molar-refractivity contribution in [3.05, 3.63) is 48.0 Å². The molecule has 8 nitrogen and oxygen atoms in total. The van der Waals surface area contributed by atoms with Crippen molar-refractivity contribution in [1.82, 2.24) is 14.9 Å². The number of carbonyl (C=O) groups excluding carboxylic acids is 3. The van der Waals surface area contributed by atoms with E-state index in [0.717, 1.165) is 10.8 Å². The predicted octanol–water partition coefficient (Wildman–Crippen LogP) is 2.28. The van der Waals surface area contributed by atoms with Crippen LogP contribution in [0.3, 0.4) is 0 Å². The molecule has 2 heterocycles. The Morgan fingerprint density at radius 1 is 1.28 bits per heavy atom. The van der Waals surface area contributed by atoms with E-state index in [-0.39, 0.29) is 18.0 Å². The summed E-state index contributed by atoms with van der Waals surface area (Å²) in [6, 6.07) is 6.09. The number of nitrogens with one attached hydrogen (secondary N) is 2. The zero-order valence-corrected chi connectivity index (χ0v) is 17.5. The number of nitrogens with zero attached hydrogens (tertiary/aromatic N) is 2. The molecule has 32 heavy (non-hydrogen) atoms. The van der Waals surface area contributed by atoms with Gasteiger partial charge in [-0.1, -0.05) is 19.1 Å². The molecule has 2 aromatic rings. The van der Waals surface area contributed by atoms with Crippen LogP contribution in [0.5, 0.6) is 0 Å². The number of benzene rings is 1. The molecular formula is C21H23F3N4O4. The first kappa shape index (κ1) is 23.5. The summed E-state index contributed by atoms with van der Waals surface area (Å²) in [6.07, 6.45) is -3.11. The highest BCUT2D eigenvalue weighted by Gasteiger charge is 2.58. The number of aromatic nitrogens is 2. The van der Waals surface area contributed by atoms with Gasteiger partial charge in [0.05, 0.1) is 11.8 Å². The second-order valence-electron chi connectivity index (χ2n) is 7.84. The summed E-state index contributed by atoms with van der Waals surface area (Å²) < 4.78 is 41.8. The Balaban J connectivity index is 1.78. The lowest BCUT2D eigenvalue weighted by atomic mass is 9.72. The lowest BCUT2D eigenvalue weighted by molar-refractivity contribution is -0.270. The van der Waals surface area contributed by atoms with E-state index < -0.39 is 41.3 Å². The first-order valence-electron chi connectivity index (χ1n) is 9.94. The molecule has 1 fully saturated rings. The Bertz CT molecular complexity index is 1030. The molecule has 2 atom stereocenters. The van der Waals surface area contributed by atoms with Gasteiger partial charge in [0.1, 0.15) is 0 Å². The van der Waals surface area contributed by atoms with Gasteiger partial charge in [0.2, 0.25) is 23.3 Å². The summed E-state index contributed by atoms with van der Waals surface area (Å²) >= 11 is 0. The molecule has 1 saturated heterocycles. The lowest BCUT2D eigenvalue weighted by Crippen LogP contribution is -2.51. The SMILES string of the molecule is CCC1(c2ccc(NC(=O)CC(O)(c3nccn3C)C(F)(F)F)cc2)CCC(=O)NC1=O. The average molecular weight is 452 g/mol. The molecule has 1 aliphatic heterocycles. The van der Waals surface area contributed by atoms with E-state index in [1.54, 1.807) is 12.1 Å². The molecule has 11 heteroatoms. The van der Waals surface area contributed by atoms with Crippen LogP contribution in [0.1, 0.15) is 44.0 Å². The predicted molar refractivity (Wildman–Crippen MR) is 107 cm³/mol. The summed E-state index contributed by atoms with van der Waals surface area (Å²) in [5.74, 6) is -2.50. The number of imide groups is 1. The number of amides is 3. The molecule has 0 saturated carbocycles. The van der Waals surface area contributed by atoms with Gasteiger partial charge in [-0.05, 0) is 30.5 Å². The summed E-state index contributed by atoms with van der Waals surface area (Å²) in [5.41, 5.74) is -3.54. The minimum absolute atomic E-state index is 0.196. The van der Waals surface area contributed by atoms with Gasteiger partial charge in [-0.15, -0.1) is 0 Å². The van der Waals surface area contributed by atoms with Crippen LogP contribution >= 0.6 is 0 Å². The Morgan fingerprint density at radius 2 is 1.94 bits per heavy atom. The van der Waals surface area contributed by atoms with Gasteiger partial charge in [0.25, 0.3) is 0 Å². The van der Waals surface area contributed by atoms with Crippen LogP contribution < -0.4 is 10.6 Å². The maximum atomic E-state index is 13.6. The Morgan fingerprint density at radius 3 is 2.44 bits per heavy atom. The highest BCUT2D eigenvalue weighted by atomic mass is 19.4. The summed E-state index contributed by atoms with van der Waals surface area (Å²) in [4.78, 5) is 39.9. The van der Waals surface area contributed by atoms with Crippen LogP contribution in [0, 0.1) is 0 Å². The van der Waals surface area contributed by atoms with Crippen molar-refractivity contribution in [3.63, 3.8) is 0 Å². The second-order valence-corrected chi connectivity index (χ2v) is 7.84. The number of anilines is 1. The van der Waals surface area contributed by atoms with Crippen LogP contribution in [0.15, 0.2) is 36.7 Å². The highest BCUT2D eigenvalue weighted by molar-refractivity contribution is 6.03. The third-order valence-corrected chi connectivity index (χ3v) is 5.87. The maximum Gasteiger partial charge on any atom is 0.425 e. The van der Waals surface area contributed by atoms with Crippen molar-refractivity contribution < 1.29 is 32.7 Å². The van der Waals surface area contributed by atoms with Crippen LogP contribution in [0.25, 0.3) is 0 Å². The first-order valence-corrected chi connectivity index (χ1v) is 9.94. The molecule has 1 aliphatic rings. The summed E-state index contributed by atoms with van der Waals surface area (Å²) in [5, 5.41) is 15.0. The molecule has 3 amide bonds. The summed E-state index contributed by atoms with van der Waals surface area (Å²) in [6.45, 7) is 1.82. The van der Waals surface area contributed by atoms with Gasteiger partial charge >= 0.3 is 6.18 Å². The standard InChI is InChI=1S/C21H23F3N4O4/c1-3-19(9-8-15(29)27-18(19)31)13-4-6-14(7-5-13)26-16(30)12-20(32,21(22,23)24)17-25-10-11-28(17)2/h4-7,10-11,32H,3,8-9,12H2,1-2H3,(H,26,30)(H,27,29,31). The number of alkyl halides is 3. The van der Waals surface area contributed by atoms with Crippen molar-refractivity contribution in [2.45, 2.75) is 49.8 Å². The lowest BCUT2D eigenvalue weighted by Gasteiger charge is -2.35. The zero-order valence-electron chi connectivity index (χ0n) is 17.5. The molecule has 0 aliphatic carbocycles. The Hall–Kier alpha value is -3.21. The van der Waals surface area contributed by atoms with E-state index in [1.807, 2.05) is 6.92 Å². The van der Waals surface area contributed by atoms with Crippen LogP contribution in [0.2, 0.25) is 0 Å². The number of aryl methyl sites for hydroxylation is 1. The molecule has 3 rings (SSSR count). The van der Waals surface area contributed by atoms with Crippen molar-refractivity contribution in [3.8, 4) is 0 Å². The number of imidazole rings is 1. The number of hydrogen-bond donors (Lipinski definition) is 3. The number of carbonyl (C=O) groups is 3. The van der Waals surface area contributed by atoms with E-state index in [0.29, 0.717) is 18.4 Å². The molecule has 0 radical (unpaired) electrons. The number of rotatable bonds is 6.